The number of hydrogen-bond acceptors (Lipinski definition) is 4. The molecule has 104 valence electrons. The molecule has 5 heteroatoms. The van der Waals surface area contributed by atoms with E-state index < -0.39 is 5.60 Å². The summed E-state index contributed by atoms with van der Waals surface area (Å²) in [5.41, 5.74) is -1.05. The normalized spacial score (nSPS) is 16.3. The third-order valence-electron chi connectivity index (χ3n) is 3.06. The van der Waals surface area contributed by atoms with Gasteiger partial charge < -0.3 is 19.3 Å². The van der Waals surface area contributed by atoms with Crippen LogP contribution in [-0.4, -0.2) is 11.7 Å². The maximum atomic E-state index is 10.4. The molecular weight excluding hydrogens is 310 g/mol. The summed E-state index contributed by atoms with van der Waals surface area (Å²) in [6.07, 6.45) is 1.63. The van der Waals surface area contributed by atoms with Gasteiger partial charge in [-0.25, -0.2) is 0 Å². The molecule has 0 saturated heterocycles. The topological polar surface area (TPSA) is 58.5 Å². The second-order valence-electron chi connectivity index (χ2n) is 4.92. The van der Waals surface area contributed by atoms with Gasteiger partial charge in [0.05, 0.1) is 16.8 Å². The standard InChI is InChI=1S/C14H18BrNO3/c1-9-4-5-12(19-9)14(3,17)8-16-10(2)13-11(15)6-7-18-13/h4-7,10,16-17H,8H2,1-3H3. The number of nitrogens with one attached hydrogen (secondary N) is 1. The Morgan fingerprint density at radius 3 is 2.68 bits per heavy atom. The highest BCUT2D eigenvalue weighted by molar-refractivity contribution is 9.10. The van der Waals surface area contributed by atoms with E-state index in [0.717, 1.165) is 16.0 Å². The fraction of sp³-hybridized carbons (Fsp3) is 0.429. The fourth-order valence-corrected chi connectivity index (χ4v) is 2.41. The van der Waals surface area contributed by atoms with Gasteiger partial charge in [0.15, 0.2) is 0 Å². The average molecular weight is 328 g/mol. The molecule has 0 amide bonds. The van der Waals surface area contributed by atoms with Gasteiger partial charge in [-0.1, -0.05) is 0 Å². The molecule has 0 saturated carbocycles. The van der Waals surface area contributed by atoms with Crippen molar-refractivity contribution >= 4 is 15.9 Å². The van der Waals surface area contributed by atoms with E-state index in [0.29, 0.717) is 12.3 Å². The van der Waals surface area contributed by atoms with Crippen molar-refractivity contribution in [2.45, 2.75) is 32.4 Å². The van der Waals surface area contributed by atoms with Gasteiger partial charge in [0, 0.05) is 6.54 Å². The summed E-state index contributed by atoms with van der Waals surface area (Å²) in [7, 11) is 0. The first kappa shape index (κ1) is 14.4. The lowest BCUT2D eigenvalue weighted by Gasteiger charge is -2.23. The lowest BCUT2D eigenvalue weighted by Crippen LogP contribution is -2.36. The summed E-state index contributed by atoms with van der Waals surface area (Å²) in [4.78, 5) is 0. The van der Waals surface area contributed by atoms with Gasteiger partial charge in [0.2, 0.25) is 0 Å². The van der Waals surface area contributed by atoms with Gasteiger partial charge in [-0.2, -0.15) is 0 Å². The van der Waals surface area contributed by atoms with Crippen LogP contribution >= 0.6 is 15.9 Å². The van der Waals surface area contributed by atoms with E-state index in [1.54, 1.807) is 19.3 Å². The molecule has 2 aromatic rings. The Bertz CT molecular complexity index is 544. The Hall–Kier alpha value is -1.04. The van der Waals surface area contributed by atoms with Crippen LogP contribution in [0.3, 0.4) is 0 Å². The minimum absolute atomic E-state index is 0.00749. The Balaban J connectivity index is 2.00. The lowest BCUT2D eigenvalue weighted by molar-refractivity contribution is 0.0306. The monoisotopic (exact) mass is 327 g/mol. The van der Waals surface area contributed by atoms with Crippen molar-refractivity contribution in [2.75, 3.05) is 6.54 Å². The van der Waals surface area contributed by atoms with E-state index in [1.807, 2.05) is 26.0 Å². The molecule has 0 aromatic carbocycles. The van der Waals surface area contributed by atoms with Crippen LogP contribution in [0.1, 0.15) is 37.2 Å². The third-order valence-corrected chi connectivity index (χ3v) is 3.72. The Morgan fingerprint density at radius 1 is 1.42 bits per heavy atom. The summed E-state index contributed by atoms with van der Waals surface area (Å²) >= 11 is 3.42. The molecule has 0 aliphatic heterocycles. The van der Waals surface area contributed by atoms with E-state index >= 15 is 0 Å². The zero-order valence-electron chi connectivity index (χ0n) is 11.2. The highest BCUT2D eigenvalue weighted by atomic mass is 79.9. The summed E-state index contributed by atoms with van der Waals surface area (Å²) in [5, 5.41) is 13.7. The van der Waals surface area contributed by atoms with E-state index in [4.69, 9.17) is 8.83 Å². The Kier molecular flexibility index (Phi) is 4.18. The number of rotatable bonds is 5. The first-order valence-corrected chi connectivity index (χ1v) is 6.95. The van der Waals surface area contributed by atoms with Crippen molar-refractivity contribution in [3.8, 4) is 0 Å². The first-order chi connectivity index (χ1) is 8.90. The van der Waals surface area contributed by atoms with E-state index in [9.17, 15) is 5.11 Å². The molecule has 2 N–H and O–H groups in total. The van der Waals surface area contributed by atoms with Crippen molar-refractivity contribution in [1.29, 1.82) is 0 Å². The summed E-state index contributed by atoms with van der Waals surface area (Å²) in [5.74, 6) is 2.16. The van der Waals surface area contributed by atoms with E-state index in [2.05, 4.69) is 21.2 Å². The maximum Gasteiger partial charge on any atom is 0.136 e. The highest BCUT2D eigenvalue weighted by Gasteiger charge is 2.27. The minimum Gasteiger partial charge on any atom is -0.466 e. The van der Waals surface area contributed by atoms with Crippen LogP contribution < -0.4 is 5.32 Å². The second-order valence-corrected chi connectivity index (χ2v) is 5.77. The van der Waals surface area contributed by atoms with Crippen molar-refractivity contribution < 1.29 is 13.9 Å². The van der Waals surface area contributed by atoms with Crippen LogP contribution in [0.4, 0.5) is 0 Å². The van der Waals surface area contributed by atoms with Crippen molar-refractivity contribution in [1.82, 2.24) is 5.32 Å². The minimum atomic E-state index is -1.05. The number of aryl methyl sites for hydroxylation is 1. The van der Waals surface area contributed by atoms with Gasteiger partial charge >= 0.3 is 0 Å². The lowest BCUT2D eigenvalue weighted by atomic mass is 10.0. The molecule has 4 nitrogen and oxygen atoms in total. The highest BCUT2D eigenvalue weighted by Crippen LogP contribution is 2.26. The van der Waals surface area contributed by atoms with Gasteiger partial charge in [-0.05, 0) is 54.9 Å². The third kappa shape index (κ3) is 3.29. The molecule has 2 aromatic heterocycles. The van der Waals surface area contributed by atoms with Crippen LogP contribution in [0.5, 0.6) is 0 Å². The number of furan rings is 2. The van der Waals surface area contributed by atoms with Crippen LogP contribution in [0.25, 0.3) is 0 Å². The molecule has 0 spiro atoms. The van der Waals surface area contributed by atoms with Crippen LogP contribution in [-0.2, 0) is 5.60 Å². The predicted octanol–water partition coefficient (Wildman–Crippen LogP) is 3.50. The molecule has 0 aliphatic carbocycles. The average Bonchev–Trinajstić information content (AvgIpc) is 2.95. The Morgan fingerprint density at radius 2 is 2.16 bits per heavy atom. The summed E-state index contributed by atoms with van der Waals surface area (Å²) in [6.45, 7) is 5.93. The molecule has 2 atom stereocenters. The molecule has 0 radical (unpaired) electrons. The quantitative estimate of drug-likeness (QED) is 0.882. The molecular formula is C14H18BrNO3. The summed E-state index contributed by atoms with van der Waals surface area (Å²) < 4.78 is 11.8. The zero-order chi connectivity index (χ0) is 14.0. The van der Waals surface area contributed by atoms with Crippen LogP contribution in [0.2, 0.25) is 0 Å². The number of aliphatic hydroxyl groups is 1. The van der Waals surface area contributed by atoms with Crippen molar-refractivity contribution in [2.24, 2.45) is 0 Å². The number of halogens is 1. The maximum absolute atomic E-state index is 10.4. The Labute approximate surface area is 120 Å². The predicted molar refractivity (Wildman–Crippen MR) is 75.8 cm³/mol. The molecule has 0 bridgehead atoms. The van der Waals surface area contributed by atoms with Gasteiger partial charge in [-0.15, -0.1) is 0 Å². The van der Waals surface area contributed by atoms with E-state index in [1.165, 1.54) is 0 Å². The van der Waals surface area contributed by atoms with Crippen LogP contribution in [0.15, 0.2) is 37.8 Å². The number of hydrogen-bond donors (Lipinski definition) is 2. The molecule has 0 aliphatic rings. The smallest absolute Gasteiger partial charge is 0.136 e. The van der Waals surface area contributed by atoms with Crippen molar-refractivity contribution in [3.05, 3.63) is 46.2 Å². The molecule has 2 rings (SSSR count). The van der Waals surface area contributed by atoms with Crippen LogP contribution in [0, 0.1) is 6.92 Å². The largest absolute Gasteiger partial charge is 0.466 e. The van der Waals surface area contributed by atoms with Gasteiger partial charge in [0.1, 0.15) is 22.9 Å². The second kappa shape index (κ2) is 5.53. The van der Waals surface area contributed by atoms with Gasteiger partial charge in [-0.3, -0.25) is 0 Å². The van der Waals surface area contributed by atoms with E-state index in [-0.39, 0.29) is 6.04 Å². The SMILES string of the molecule is Cc1ccc(C(C)(O)CNC(C)c2occc2Br)o1. The molecule has 2 unspecified atom stereocenters. The molecule has 2 heterocycles. The fourth-order valence-electron chi connectivity index (χ4n) is 1.87. The zero-order valence-corrected chi connectivity index (χ0v) is 12.8. The van der Waals surface area contributed by atoms with Gasteiger partial charge in [0.25, 0.3) is 0 Å². The molecule has 0 fully saturated rings. The first-order valence-electron chi connectivity index (χ1n) is 6.16. The molecule has 19 heavy (non-hydrogen) atoms. The summed E-state index contributed by atoms with van der Waals surface area (Å²) in [6, 6.07) is 5.48. The van der Waals surface area contributed by atoms with Crippen molar-refractivity contribution in [3.63, 3.8) is 0 Å².